The maximum atomic E-state index is 12.2. The van der Waals surface area contributed by atoms with E-state index in [9.17, 15) is 29.7 Å². The van der Waals surface area contributed by atoms with E-state index in [2.05, 4.69) is 33.9 Å². The van der Waals surface area contributed by atoms with Crippen LogP contribution in [0, 0.1) is 0 Å². The van der Waals surface area contributed by atoms with Crippen molar-refractivity contribution in [1.29, 1.82) is 0 Å². The van der Waals surface area contributed by atoms with Crippen LogP contribution < -0.4 is 4.43 Å². The zero-order valence-corrected chi connectivity index (χ0v) is 20.0. The summed E-state index contributed by atoms with van der Waals surface area (Å²) < 4.78 is 6.30. The number of nitrogens with zero attached hydrogens (tertiary/aromatic N) is 2. The SMILES string of the molecule is CC(C)(C)[Si](C)(C)Oc1ccc(C2=C(C(=O)O)[C@H]3CN(C(=O)O)C[C@@H](C2)N3C(=O)O)cc1. The van der Waals surface area contributed by atoms with Gasteiger partial charge in [-0.3, -0.25) is 4.90 Å². The number of rotatable bonds is 4. The van der Waals surface area contributed by atoms with Gasteiger partial charge in [-0.25, -0.2) is 14.4 Å². The van der Waals surface area contributed by atoms with Crippen molar-refractivity contribution in [1.82, 2.24) is 9.80 Å². The lowest BCUT2D eigenvalue weighted by Crippen LogP contribution is -2.64. The van der Waals surface area contributed by atoms with Gasteiger partial charge in [-0.2, -0.15) is 0 Å². The number of carboxylic acids is 1. The summed E-state index contributed by atoms with van der Waals surface area (Å²) in [6, 6.07) is 5.50. The molecule has 2 amide bonds. The summed E-state index contributed by atoms with van der Waals surface area (Å²) in [6.07, 6.45) is -2.32. The standard InChI is InChI=1S/C22H30N2O7Si/c1-22(2,3)32(4,5)31-15-8-6-13(7-9-15)16-10-14-11-23(20(27)28)12-17(18(16)19(25)26)24(14)21(29)30/h6-9,14,17H,10-12H2,1-5H3,(H,25,26)(H,27,28)(H,29,30)/t14-,17-/m1/s1. The summed E-state index contributed by atoms with van der Waals surface area (Å²) in [7, 11) is -2.03. The van der Waals surface area contributed by atoms with Crippen LogP contribution in [-0.4, -0.2) is 76.8 Å². The molecule has 1 aromatic rings. The van der Waals surface area contributed by atoms with Gasteiger partial charge in [0.05, 0.1) is 17.7 Å². The van der Waals surface area contributed by atoms with Gasteiger partial charge in [0.2, 0.25) is 8.32 Å². The quantitative estimate of drug-likeness (QED) is 0.577. The number of piperazine rings is 1. The van der Waals surface area contributed by atoms with Crippen molar-refractivity contribution in [2.24, 2.45) is 0 Å². The second-order valence-corrected chi connectivity index (χ2v) is 14.6. The first kappa shape index (κ1) is 23.6. The second-order valence-electron chi connectivity index (χ2n) is 9.84. The summed E-state index contributed by atoms with van der Waals surface area (Å²) in [5.41, 5.74) is 1.13. The van der Waals surface area contributed by atoms with Gasteiger partial charge < -0.3 is 24.6 Å². The normalized spacial score (nSPS) is 21.4. The van der Waals surface area contributed by atoms with E-state index in [4.69, 9.17) is 4.43 Å². The van der Waals surface area contributed by atoms with Crippen molar-refractivity contribution in [3.8, 4) is 5.75 Å². The second kappa shape index (κ2) is 8.16. The van der Waals surface area contributed by atoms with E-state index < -0.39 is 38.6 Å². The molecule has 2 atom stereocenters. The first-order valence-corrected chi connectivity index (χ1v) is 13.4. The van der Waals surface area contributed by atoms with E-state index >= 15 is 0 Å². The Labute approximate surface area is 188 Å². The average Bonchev–Trinajstić information content (AvgIpc) is 2.65. The van der Waals surface area contributed by atoms with Gasteiger partial charge in [0, 0.05) is 13.1 Å². The Morgan fingerprint density at radius 1 is 1.00 bits per heavy atom. The van der Waals surface area contributed by atoms with E-state index in [1.54, 1.807) is 12.1 Å². The first-order chi connectivity index (χ1) is 14.7. The molecule has 1 aromatic carbocycles. The van der Waals surface area contributed by atoms with Crippen LogP contribution in [0.15, 0.2) is 29.8 Å². The van der Waals surface area contributed by atoms with Crippen LogP contribution in [0.2, 0.25) is 18.1 Å². The van der Waals surface area contributed by atoms with Gasteiger partial charge in [0.1, 0.15) is 5.75 Å². The minimum Gasteiger partial charge on any atom is -0.544 e. The van der Waals surface area contributed by atoms with Gasteiger partial charge in [0.15, 0.2) is 0 Å². The molecule has 0 radical (unpaired) electrons. The largest absolute Gasteiger partial charge is 0.544 e. The highest BCUT2D eigenvalue weighted by Crippen LogP contribution is 2.40. The molecule has 1 fully saturated rings. The van der Waals surface area contributed by atoms with E-state index in [0.717, 1.165) is 9.80 Å². The van der Waals surface area contributed by atoms with Crippen LogP contribution >= 0.6 is 0 Å². The predicted molar refractivity (Wildman–Crippen MR) is 120 cm³/mol. The molecular formula is C22H30N2O7Si. The highest BCUT2D eigenvalue weighted by molar-refractivity contribution is 6.74. The van der Waals surface area contributed by atoms with E-state index in [0.29, 0.717) is 16.9 Å². The van der Waals surface area contributed by atoms with E-state index in [-0.39, 0.29) is 30.1 Å². The topological polar surface area (TPSA) is 128 Å². The molecular weight excluding hydrogens is 432 g/mol. The minimum atomic E-state index is -2.03. The van der Waals surface area contributed by atoms with Gasteiger partial charge in [-0.15, -0.1) is 0 Å². The third-order valence-corrected chi connectivity index (χ3v) is 11.1. The number of carboxylic acid groups (broad SMARTS) is 3. The molecule has 0 aromatic heterocycles. The summed E-state index contributed by atoms with van der Waals surface area (Å²) in [5.74, 6) is -0.540. The lowest BCUT2D eigenvalue weighted by atomic mass is 9.82. The number of amides is 2. The molecule has 2 aliphatic heterocycles. The number of carbonyl (C=O) groups is 3. The van der Waals surface area contributed by atoms with Gasteiger partial charge >= 0.3 is 18.2 Å². The zero-order chi connectivity index (χ0) is 24.0. The van der Waals surface area contributed by atoms with Gasteiger partial charge in [-0.1, -0.05) is 32.9 Å². The maximum absolute atomic E-state index is 12.2. The van der Waals surface area contributed by atoms with Crippen molar-refractivity contribution in [2.75, 3.05) is 13.1 Å². The fraction of sp³-hybridized carbons (Fsp3) is 0.500. The fourth-order valence-corrected chi connectivity index (χ4v) is 5.10. The van der Waals surface area contributed by atoms with Crippen molar-refractivity contribution >= 4 is 32.0 Å². The summed E-state index contributed by atoms with van der Waals surface area (Å²) in [4.78, 5) is 37.7. The molecule has 10 heteroatoms. The van der Waals surface area contributed by atoms with Crippen molar-refractivity contribution in [3.05, 3.63) is 35.4 Å². The van der Waals surface area contributed by atoms with Gasteiger partial charge in [-0.05, 0) is 47.8 Å². The summed E-state index contributed by atoms with van der Waals surface area (Å²) in [6.45, 7) is 10.5. The summed E-state index contributed by atoms with van der Waals surface area (Å²) in [5, 5.41) is 29.0. The van der Waals surface area contributed by atoms with Gasteiger partial charge in [0.25, 0.3) is 0 Å². The number of hydrogen-bond acceptors (Lipinski definition) is 4. The lowest BCUT2D eigenvalue weighted by Gasteiger charge is -2.48. The van der Waals surface area contributed by atoms with E-state index in [1.165, 1.54) is 0 Å². The minimum absolute atomic E-state index is 0.00109. The Morgan fingerprint density at radius 2 is 1.59 bits per heavy atom. The molecule has 32 heavy (non-hydrogen) atoms. The number of hydrogen-bond donors (Lipinski definition) is 3. The van der Waals surface area contributed by atoms with Crippen molar-refractivity contribution in [3.63, 3.8) is 0 Å². The maximum Gasteiger partial charge on any atom is 0.408 e. The molecule has 0 aliphatic carbocycles. The molecule has 9 nitrogen and oxygen atoms in total. The highest BCUT2D eigenvalue weighted by Gasteiger charge is 2.47. The molecule has 2 aliphatic rings. The first-order valence-electron chi connectivity index (χ1n) is 10.5. The highest BCUT2D eigenvalue weighted by atomic mass is 28.4. The molecule has 0 spiro atoms. The number of benzene rings is 1. The zero-order valence-electron chi connectivity index (χ0n) is 19.0. The molecule has 2 heterocycles. The Hall–Kier alpha value is -3.01. The molecule has 3 N–H and O–H groups in total. The Morgan fingerprint density at radius 3 is 2.06 bits per heavy atom. The molecule has 1 saturated heterocycles. The van der Waals surface area contributed by atoms with Crippen LogP contribution in [0.3, 0.4) is 0 Å². The summed E-state index contributed by atoms with van der Waals surface area (Å²) >= 11 is 0. The molecule has 0 saturated carbocycles. The Bertz CT molecular complexity index is 965. The lowest BCUT2D eigenvalue weighted by molar-refractivity contribution is -0.133. The third-order valence-electron chi connectivity index (χ3n) is 6.76. The van der Waals surface area contributed by atoms with Crippen LogP contribution in [-0.2, 0) is 4.79 Å². The van der Waals surface area contributed by atoms with Crippen LogP contribution in [0.25, 0.3) is 5.57 Å². The molecule has 3 rings (SSSR count). The number of aliphatic carboxylic acids is 1. The smallest absolute Gasteiger partial charge is 0.408 e. The monoisotopic (exact) mass is 462 g/mol. The predicted octanol–water partition coefficient (Wildman–Crippen LogP) is 4.02. The van der Waals surface area contributed by atoms with Crippen molar-refractivity contribution < 1.29 is 34.1 Å². The van der Waals surface area contributed by atoms with Crippen molar-refractivity contribution in [2.45, 2.75) is 57.4 Å². The fourth-order valence-electron chi connectivity index (χ4n) is 4.07. The third kappa shape index (κ3) is 4.32. The number of fused-ring (bicyclic) bond motifs is 2. The average molecular weight is 463 g/mol. The molecule has 0 unspecified atom stereocenters. The Balaban J connectivity index is 2.00. The molecule has 2 bridgehead atoms. The van der Waals surface area contributed by atoms with Crippen LogP contribution in [0.5, 0.6) is 5.75 Å². The molecule has 174 valence electrons. The van der Waals surface area contributed by atoms with E-state index in [1.807, 2.05) is 12.1 Å². The van der Waals surface area contributed by atoms with Crippen LogP contribution in [0.4, 0.5) is 9.59 Å². The van der Waals surface area contributed by atoms with Crippen LogP contribution in [0.1, 0.15) is 32.8 Å². The Kier molecular flexibility index (Phi) is 6.03.